The predicted octanol–water partition coefficient (Wildman–Crippen LogP) is 2.71. The molecular formula is C19H19ClN4O3S. The van der Waals surface area contributed by atoms with Crippen LogP contribution in [0, 0.1) is 17.2 Å². The molecule has 1 amide bonds. The normalized spacial score (nSPS) is 15.1. The number of hydrogen-bond donors (Lipinski definition) is 2. The molecule has 7 nitrogen and oxygen atoms in total. The Morgan fingerprint density at radius 1 is 1.18 bits per heavy atom. The van der Waals surface area contributed by atoms with Crippen molar-refractivity contribution in [3.8, 4) is 6.07 Å². The number of carbonyl (C=O) groups is 1. The van der Waals surface area contributed by atoms with Crippen LogP contribution in [0.2, 0.25) is 5.02 Å². The van der Waals surface area contributed by atoms with E-state index in [4.69, 9.17) is 16.7 Å². The van der Waals surface area contributed by atoms with Crippen LogP contribution >= 0.6 is 11.6 Å². The summed E-state index contributed by atoms with van der Waals surface area (Å²) in [6, 6.07) is 13.1. The smallest absolute Gasteiger partial charge is 0.238 e. The van der Waals surface area contributed by atoms with Gasteiger partial charge >= 0.3 is 0 Å². The van der Waals surface area contributed by atoms with Gasteiger partial charge in [0.1, 0.15) is 6.07 Å². The number of nitrogens with zero attached hydrogens (tertiary/aromatic N) is 2. The van der Waals surface area contributed by atoms with Gasteiger partial charge in [0, 0.05) is 24.7 Å². The molecule has 0 aromatic heterocycles. The fourth-order valence-electron chi connectivity index (χ4n) is 3.26. The van der Waals surface area contributed by atoms with Gasteiger partial charge in [-0.15, -0.1) is 0 Å². The molecule has 146 valence electrons. The van der Waals surface area contributed by atoms with Gasteiger partial charge in [0.25, 0.3) is 0 Å². The molecule has 9 heteroatoms. The summed E-state index contributed by atoms with van der Waals surface area (Å²) in [6.45, 7) is 1.22. The molecule has 3 N–H and O–H groups in total. The summed E-state index contributed by atoms with van der Waals surface area (Å²) in [7, 11) is -3.76. The van der Waals surface area contributed by atoms with E-state index in [0.717, 1.165) is 0 Å². The van der Waals surface area contributed by atoms with Crippen LogP contribution in [0.4, 0.5) is 11.4 Å². The Bertz CT molecular complexity index is 1020. The van der Waals surface area contributed by atoms with Gasteiger partial charge in [-0.05, 0) is 49.2 Å². The van der Waals surface area contributed by atoms with E-state index in [0.29, 0.717) is 47.9 Å². The third-order valence-electron chi connectivity index (χ3n) is 4.74. The summed E-state index contributed by atoms with van der Waals surface area (Å²) >= 11 is 6.27. The molecule has 0 radical (unpaired) electrons. The lowest BCUT2D eigenvalue weighted by molar-refractivity contribution is -0.120. The van der Waals surface area contributed by atoms with Crippen LogP contribution in [-0.2, 0) is 14.8 Å². The lowest BCUT2D eigenvalue weighted by Crippen LogP contribution is -2.38. The van der Waals surface area contributed by atoms with Gasteiger partial charge in [0.15, 0.2) is 0 Å². The van der Waals surface area contributed by atoms with E-state index in [1.165, 1.54) is 24.3 Å². The molecule has 0 atom stereocenters. The molecule has 1 aliphatic heterocycles. The van der Waals surface area contributed by atoms with E-state index in [1.807, 2.05) is 4.90 Å². The van der Waals surface area contributed by atoms with Crippen molar-refractivity contribution in [1.82, 2.24) is 0 Å². The minimum absolute atomic E-state index is 0.00755. The monoisotopic (exact) mass is 418 g/mol. The van der Waals surface area contributed by atoms with Crippen molar-refractivity contribution in [1.29, 1.82) is 5.26 Å². The summed E-state index contributed by atoms with van der Waals surface area (Å²) in [5.74, 6) is -0.301. The Kier molecular flexibility index (Phi) is 5.89. The number of carbonyl (C=O) groups excluding carboxylic acids is 1. The number of rotatable bonds is 4. The first kappa shape index (κ1) is 20.1. The van der Waals surface area contributed by atoms with Crippen molar-refractivity contribution >= 4 is 38.9 Å². The molecule has 2 aromatic rings. The first-order valence-corrected chi connectivity index (χ1v) is 10.6. The minimum Gasteiger partial charge on any atom is -0.369 e. The summed E-state index contributed by atoms with van der Waals surface area (Å²) in [4.78, 5) is 14.6. The number of anilines is 2. The number of nitriles is 1. The highest BCUT2D eigenvalue weighted by atomic mass is 35.5. The zero-order chi connectivity index (χ0) is 20.3. The van der Waals surface area contributed by atoms with Gasteiger partial charge < -0.3 is 10.2 Å². The highest BCUT2D eigenvalue weighted by molar-refractivity contribution is 7.89. The van der Waals surface area contributed by atoms with Gasteiger partial charge in [0.05, 0.1) is 21.2 Å². The second-order valence-corrected chi connectivity index (χ2v) is 8.54. The van der Waals surface area contributed by atoms with Gasteiger partial charge in [0.2, 0.25) is 15.9 Å². The highest BCUT2D eigenvalue weighted by Gasteiger charge is 2.27. The van der Waals surface area contributed by atoms with Crippen molar-refractivity contribution in [2.45, 2.75) is 17.7 Å². The Morgan fingerprint density at radius 3 is 2.39 bits per heavy atom. The fraction of sp³-hybridized carbons (Fsp3) is 0.263. The summed E-state index contributed by atoms with van der Waals surface area (Å²) in [6.07, 6.45) is 1.24. The molecule has 0 saturated carbocycles. The Labute approximate surface area is 168 Å². The molecule has 2 aromatic carbocycles. The number of nitrogens with two attached hydrogens (primary N) is 1. The van der Waals surface area contributed by atoms with Crippen LogP contribution in [0.3, 0.4) is 0 Å². The van der Waals surface area contributed by atoms with Gasteiger partial charge in [-0.2, -0.15) is 5.26 Å². The maximum absolute atomic E-state index is 12.5. The number of halogens is 1. The third-order valence-corrected chi connectivity index (χ3v) is 5.97. The van der Waals surface area contributed by atoms with Crippen molar-refractivity contribution in [2.75, 3.05) is 23.3 Å². The standard InChI is InChI=1S/C19H19ClN4O3S/c20-17-3-1-2-14(12-21)18(17)24-10-8-13(9-11-24)19(25)23-15-4-6-16(7-5-15)28(22,26)27/h1-7,13H,8-11H2,(H,23,25)(H2,22,26,27). The molecule has 3 rings (SSSR count). The number of amides is 1. The molecule has 1 heterocycles. The van der Waals surface area contributed by atoms with Crippen molar-refractivity contribution in [2.24, 2.45) is 11.1 Å². The number of para-hydroxylation sites is 1. The van der Waals surface area contributed by atoms with Crippen LogP contribution in [0.1, 0.15) is 18.4 Å². The van der Waals surface area contributed by atoms with E-state index >= 15 is 0 Å². The first-order chi connectivity index (χ1) is 13.3. The topological polar surface area (TPSA) is 116 Å². The first-order valence-electron chi connectivity index (χ1n) is 8.67. The Hall–Kier alpha value is -2.60. The summed E-state index contributed by atoms with van der Waals surface area (Å²) in [5.41, 5.74) is 1.74. The van der Waals surface area contributed by atoms with Crippen molar-refractivity contribution in [3.63, 3.8) is 0 Å². The average Bonchev–Trinajstić information content (AvgIpc) is 2.67. The molecule has 0 spiro atoms. The van der Waals surface area contributed by atoms with Gasteiger partial charge in [-0.25, -0.2) is 13.6 Å². The molecule has 0 bridgehead atoms. The second kappa shape index (κ2) is 8.19. The number of benzene rings is 2. The summed E-state index contributed by atoms with van der Waals surface area (Å²) in [5, 5.41) is 17.7. The lowest BCUT2D eigenvalue weighted by Gasteiger charge is -2.34. The van der Waals surface area contributed by atoms with Crippen LogP contribution in [0.5, 0.6) is 0 Å². The van der Waals surface area contributed by atoms with E-state index in [2.05, 4.69) is 11.4 Å². The number of sulfonamides is 1. The van der Waals surface area contributed by atoms with Crippen molar-refractivity contribution in [3.05, 3.63) is 53.1 Å². The molecule has 0 aliphatic carbocycles. The predicted molar refractivity (Wildman–Crippen MR) is 108 cm³/mol. The molecule has 0 unspecified atom stereocenters. The van der Waals surface area contributed by atoms with E-state index in [9.17, 15) is 18.5 Å². The van der Waals surface area contributed by atoms with Gasteiger partial charge in [-0.1, -0.05) is 17.7 Å². The summed E-state index contributed by atoms with van der Waals surface area (Å²) < 4.78 is 22.6. The number of piperidine rings is 1. The van der Waals surface area contributed by atoms with Crippen LogP contribution in [0.25, 0.3) is 0 Å². The molecule has 28 heavy (non-hydrogen) atoms. The number of nitrogens with one attached hydrogen (secondary N) is 1. The quantitative estimate of drug-likeness (QED) is 0.791. The average molecular weight is 419 g/mol. The van der Waals surface area contributed by atoms with E-state index < -0.39 is 10.0 Å². The molecular weight excluding hydrogens is 400 g/mol. The lowest BCUT2D eigenvalue weighted by atomic mass is 9.95. The van der Waals surface area contributed by atoms with E-state index in [1.54, 1.807) is 18.2 Å². The Morgan fingerprint density at radius 2 is 1.82 bits per heavy atom. The zero-order valence-corrected chi connectivity index (χ0v) is 16.5. The minimum atomic E-state index is -3.76. The molecule has 1 aliphatic rings. The fourth-order valence-corrected chi connectivity index (χ4v) is 4.07. The van der Waals surface area contributed by atoms with Crippen LogP contribution < -0.4 is 15.4 Å². The molecule has 1 fully saturated rings. The third kappa shape index (κ3) is 4.44. The van der Waals surface area contributed by atoms with Crippen molar-refractivity contribution < 1.29 is 13.2 Å². The largest absolute Gasteiger partial charge is 0.369 e. The second-order valence-electron chi connectivity index (χ2n) is 6.57. The van der Waals surface area contributed by atoms with Crippen LogP contribution in [0.15, 0.2) is 47.4 Å². The molecule has 1 saturated heterocycles. The number of hydrogen-bond acceptors (Lipinski definition) is 5. The maximum Gasteiger partial charge on any atom is 0.238 e. The Balaban J connectivity index is 1.62. The maximum atomic E-state index is 12.5. The van der Waals surface area contributed by atoms with E-state index in [-0.39, 0.29) is 16.7 Å². The highest BCUT2D eigenvalue weighted by Crippen LogP contribution is 2.33. The SMILES string of the molecule is N#Cc1cccc(Cl)c1N1CCC(C(=O)Nc2ccc(S(N)(=O)=O)cc2)CC1. The van der Waals surface area contributed by atoms with Gasteiger partial charge in [-0.3, -0.25) is 4.79 Å². The number of primary sulfonamides is 1. The van der Waals surface area contributed by atoms with Crippen LogP contribution in [-0.4, -0.2) is 27.4 Å². The zero-order valence-electron chi connectivity index (χ0n) is 14.9.